The van der Waals surface area contributed by atoms with Gasteiger partial charge in [0.1, 0.15) is 65.2 Å². The molecule has 2 aliphatic heterocycles. The molecule has 0 saturated carbocycles. The van der Waals surface area contributed by atoms with Gasteiger partial charge in [-0.3, -0.25) is 4.79 Å². The van der Waals surface area contributed by atoms with Crippen LogP contribution in [0.25, 0.3) is 22.3 Å². The van der Waals surface area contributed by atoms with Crippen LogP contribution in [0.3, 0.4) is 0 Å². The molecule has 0 amide bonds. The van der Waals surface area contributed by atoms with E-state index in [1.54, 1.807) is 0 Å². The van der Waals surface area contributed by atoms with Gasteiger partial charge in [0.05, 0.1) is 19.8 Å². The summed E-state index contributed by atoms with van der Waals surface area (Å²) < 4.78 is 33.3. The molecule has 5 rings (SSSR count). The largest absolute Gasteiger partial charge is 0.508 e. The third-order valence-corrected chi connectivity index (χ3v) is 7.51. The van der Waals surface area contributed by atoms with Gasteiger partial charge in [-0.05, 0) is 25.1 Å². The summed E-state index contributed by atoms with van der Waals surface area (Å²) in [5, 5.41) is 92.4. The van der Waals surface area contributed by atoms with Gasteiger partial charge in [-0.15, -0.1) is 0 Å². The Balaban J connectivity index is 1.51. The lowest BCUT2D eigenvalue weighted by Gasteiger charge is -2.45. The minimum atomic E-state index is -1.97. The maximum atomic E-state index is 13.7. The number of aliphatic hydroxyl groups is 6. The van der Waals surface area contributed by atoms with E-state index in [1.807, 2.05) is 0 Å². The van der Waals surface area contributed by atoms with Crippen LogP contribution in [-0.2, 0) is 14.2 Å². The van der Waals surface area contributed by atoms with Gasteiger partial charge in [0, 0.05) is 17.7 Å². The van der Waals surface area contributed by atoms with Gasteiger partial charge in [-0.1, -0.05) is 0 Å². The van der Waals surface area contributed by atoms with Crippen LogP contribution in [0, 0.1) is 0 Å². The lowest BCUT2D eigenvalue weighted by atomic mass is 9.97. The first-order chi connectivity index (χ1) is 20.9. The van der Waals surface area contributed by atoms with Crippen molar-refractivity contribution in [1.82, 2.24) is 0 Å². The van der Waals surface area contributed by atoms with E-state index >= 15 is 0 Å². The Labute approximate surface area is 248 Å². The maximum Gasteiger partial charge on any atom is 0.239 e. The maximum absolute atomic E-state index is 13.7. The minimum absolute atomic E-state index is 0.0151. The highest BCUT2D eigenvalue weighted by Gasteiger charge is 2.51. The van der Waals surface area contributed by atoms with Crippen LogP contribution in [0.1, 0.15) is 6.92 Å². The van der Waals surface area contributed by atoms with Crippen LogP contribution in [-0.4, -0.2) is 121 Å². The van der Waals surface area contributed by atoms with Crippen molar-refractivity contribution in [3.8, 4) is 40.1 Å². The van der Waals surface area contributed by atoms with E-state index in [2.05, 4.69) is 0 Å². The quantitative estimate of drug-likeness (QED) is 0.147. The number of hydrogen-bond acceptors (Lipinski definition) is 16. The van der Waals surface area contributed by atoms with Gasteiger partial charge in [-0.25, -0.2) is 0 Å². The molecular formula is C28H32O16. The predicted octanol–water partition coefficient (Wildman–Crippen LogP) is -1.38. The Hall–Kier alpha value is -3.71. The molecule has 3 heterocycles. The number of phenolic OH excluding ortho intramolecular Hbond substituents is 3. The molecule has 2 fully saturated rings. The number of phenols is 3. The molecule has 2 aliphatic rings. The summed E-state index contributed by atoms with van der Waals surface area (Å²) in [6.07, 6.45) is -16.2. The summed E-state index contributed by atoms with van der Waals surface area (Å²) in [4.78, 5) is 13.7. The van der Waals surface area contributed by atoms with E-state index in [0.717, 1.165) is 12.1 Å². The average molecular weight is 625 g/mol. The van der Waals surface area contributed by atoms with Crippen molar-refractivity contribution in [3.63, 3.8) is 0 Å². The molecule has 3 aromatic rings. The second kappa shape index (κ2) is 12.4. The fourth-order valence-corrected chi connectivity index (χ4v) is 5.10. The Kier molecular flexibility index (Phi) is 8.90. The number of benzene rings is 2. The van der Waals surface area contributed by atoms with E-state index in [0.29, 0.717) is 0 Å². The highest BCUT2D eigenvalue weighted by Crippen LogP contribution is 2.40. The highest BCUT2D eigenvalue weighted by molar-refractivity contribution is 5.88. The third-order valence-electron chi connectivity index (χ3n) is 7.51. The molecule has 10 atom stereocenters. The molecule has 0 bridgehead atoms. The molecule has 16 heteroatoms. The molecule has 240 valence electrons. The van der Waals surface area contributed by atoms with Crippen LogP contribution >= 0.6 is 0 Å². The van der Waals surface area contributed by atoms with Crippen LogP contribution in [0.15, 0.2) is 39.5 Å². The molecule has 0 aliphatic carbocycles. The lowest BCUT2D eigenvalue weighted by Crippen LogP contribution is -2.64. The topological polar surface area (TPSA) is 258 Å². The second-order valence-electron chi connectivity index (χ2n) is 10.4. The smallest absolute Gasteiger partial charge is 0.239 e. The number of rotatable bonds is 7. The first-order valence-electron chi connectivity index (χ1n) is 13.4. The molecule has 1 aromatic heterocycles. The normalized spacial score (nSPS) is 32.5. The van der Waals surface area contributed by atoms with Gasteiger partial charge < -0.3 is 74.1 Å². The Morgan fingerprint density at radius 3 is 2.23 bits per heavy atom. The molecular weight excluding hydrogens is 592 g/mol. The molecule has 0 spiro atoms. The SMILES string of the molecule is COc1cc(-c2oc3cc(O)cc(O)c3c(=O)c2O[C@H]2O[C@@H](CO)[C@H](O[C@@H]3O[C@H](C)[C@H](O)[C@H](O)[C@@H]3O)[C@@H](O)[C@@H]2O)ccc1O. The van der Waals surface area contributed by atoms with Crippen LogP contribution < -0.4 is 14.9 Å². The van der Waals surface area contributed by atoms with E-state index in [1.165, 1.54) is 32.2 Å². The van der Waals surface area contributed by atoms with E-state index < -0.39 is 96.1 Å². The molecule has 0 unspecified atom stereocenters. The zero-order valence-corrected chi connectivity index (χ0v) is 23.3. The van der Waals surface area contributed by atoms with Crippen molar-refractivity contribution < 1.29 is 74.1 Å². The summed E-state index contributed by atoms with van der Waals surface area (Å²) in [6.45, 7) is 0.577. The number of ether oxygens (including phenoxy) is 5. The monoisotopic (exact) mass is 624 g/mol. The molecule has 2 aromatic carbocycles. The van der Waals surface area contributed by atoms with Crippen molar-refractivity contribution in [2.75, 3.05) is 13.7 Å². The molecule has 2 saturated heterocycles. The van der Waals surface area contributed by atoms with Gasteiger partial charge in [0.15, 0.2) is 23.5 Å². The Morgan fingerprint density at radius 2 is 1.55 bits per heavy atom. The Morgan fingerprint density at radius 1 is 0.841 bits per heavy atom. The molecule has 9 N–H and O–H groups in total. The zero-order valence-electron chi connectivity index (χ0n) is 23.3. The molecule has 16 nitrogen and oxygen atoms in total. The van der Waals surface area contributed by atoms with Crippen LogP contribution in [0.4, 0.5) is 0 Å². The molecule has 44 heavy (non-hydrogen) atoms. The fourth-order valence-electron chi connectivity index (χ4n) is 5.10. The van der Waals surface area contributed by atoms with Crippen molar-refractivity contribution >= 4 is 11.0 Å². The second-order valence-corrected chi connectivity index (χ2v) is 10.4. The fraction of sp³-hybridized carbons (Fsp3) is 0.464. The highest BCUT2D eigenvalue weighted by atomic mass is 16.7. The summed E-state index contributed by atoms with van der Waals surface area (Å²) in [5.41, 5.74) is -1.11. The molecule has 0 radical (unpaired) electrons. The first kappa shape index (κ1) is 31.7. The van der Waals surface area contributed by atoms with Crippen molar-refractivity contribution in [2.45, 2.75) is 68.3 Å². The van der Waals surface area contributed by atoms with Crippen molar-refractivity contribution in [3.05, 3.63) is 40.6 Å². The summed E-state index contributed by atoms with van der Waals surface area (Å²) >= 11 is 0. The first-order valence-corrected chi connectivity index (χ1v) is 13.4. The van der Waals surface area contributed by atoms with E-state index in [4.69, 9.17) is 28.1 Å². The van der Waals surface area contributed by atoms with Gasteiger partial charge in [0.25, 0.3) is 0 Å². The van der Waals surface area contributed by atoms with Gasteiger partial charge >= 0.3 is 0 Å². The van der Waals surface area contributed by atoms with E-state index in [9.17, 15) is 50.8 Å². The zero-order chi connectivity index (χ0) is 32.0. The number of hydrogen-bond donors (Lipinski definition) is 9. The van der Waals surface area contributed by atoms with Crippen LogP contribution in [0.5, 0.6) is 28.7 Å². The number of aliphatic hydroxyl groups excluding tert-OH is 6. The standard InChI is InChI=1S/C28H32O16/c1-9-18(33)20(35)22(37)27(40-9)43-25-16(8-29)42-28(23(38)21(25)36)44-26-19(34)17-13(32)6-11(30)7-15(17)41-24(26)10-3-4-12(31)14(5-10)39-2/h3-7,9,16,18,20-23,25,27-33,35-38H,8H2,1-2H3/t9-,16+,18+,20+,21+,22+,23+,25+,27+,28-/m1/s1. The average Bonchev–Trinajstić information content (AvgIpc) is 2.99. The third kappa shape index (κ3) is 5.63. The number of methoxy groups -OCH3 is 1. The number of fused-ring (bicyclic) bond motifs is 1. The van der Waals surface area contributed by atoms with Crippen LogP contribution in [0.2, 0.25) is 0 Å². The Bertz CT molecular complexity index is 1550. The van der Waals surface area contributed by atoms with E-state index in [-0.39, 0.29) is 28.4 Å². The summed E-state index contributed by atoms with van der Waals surface area (Å²) in [6, 6.07) is 5.83. The van der Waals surface area contributed by atoms with Gasteiger partial charge in [0.2, 0.25) is 17.5 Å². The summed E-state index contributed by atoms with van der Waals surface area (Å²) in [7, 11) is 1.28. The minimum Gasteiger partial charge on any atom is -0.508 e. The predicted molar refractivity (Wildman–Crippen MR) is 145 cm³/mol. The van der Waals surface area contributed by atoms with Crippen molar-refractivity contribution in [1.29, 1.82) is 0 Å². The lowest BCUT2D eigenvalue weighted by molar-refractivity contribution is -0.349. The number of aromatic hydroxyl groups is 3. The summed E-state index contributed by atoms with van der Waals surface area (Å²) in [5.74, 6) is -2.28. The van der Waals surface area contributed by atoms with Gasteiger partial charge in [-0.2, -0.15) is 0 Å². The van der Waals surface area contributed by atoms with Crippen molar-refractivity contribution in [2.24, 2.45) is 0 Å².